The lowest BCUT2D eigenvalue weighted by molar-refractivity contribution is -0.140. The van der Waals surface area contributed by atoms with Gasteiger partial charge in [-0.05, 0) is 42.8 Å². The van der Waals surface area contributed by atoms with Crippen molar-refractivity contribution in [2.24, 2.45) is 0 Å². The summed E-state index contributed by atoms with van der Waals surface area (Å²) in [5.74, 6) is -0.206. The predicted octanol–water partition coefficient (Wildman–Crippen LogP) is 3.77. The van der Waals surface area contributed by atoms with Crippen molar-refractivity contribution in [3.8, 4) is 5.75 Å². The molecule has 0 saturated carbocycles. The number of ketones is 1. The molecule has 0 radical (unpaired) electrons. The molecule has 1 atom stereocenters. The van der Waals surface area contributed by atoms with Crippen LogP contribution in [-0.2, 0) is 16.1 Å². The first-order chi connectivity index (χ1) is 14.0. The van der Waals surface area contributed by atoms with Crippen LogP contribution in [0.4, 0.5) is 0 Å². The minimum Gasteiger partial charge on any atom is -0.497 e. The maximum Gasteiger partial charge on any atom is 0.331 e. The molecule has 148 valence electrons. The number of rotatable bonds is 8. The van der Waals surface area contributed by atoms with Crippen LogP contribution in [0, 0.1) is 0 Å². The zero-order valence-electron chi connectivity index (χ0n) is 16.3. The van der Waals surface area contributed by atoms with Crippen LogP contribution >= 0.6 is 0 Å². The summed E-state index contributed by atoms with van der Waals surface area (Å²) in [6.07, 6.45) is 5.52. The number of esters is 1. The summed E-state index contributed by atoms with van der Waals surface area (Å²) in [5.41, 5.74) is 2.36. The Morgan fingerprint density at radius 1 is 1.10 bits per heavy atom. The van der Waals surface area contributed by atoms with Crippen molar-refractivity contribution in [2.45, 2.75) is 19.6 Å². The van der Waals surface area contributed by atoms with Crippen LogP contribution in [0.1, 0.15) is 28.4 Å². The van der Waals surface area contributed by atoms with Crippen molar-refractivity contribution in [3.05, 3.63) is 89.8 Å². The van der Waals surface area contributed by atoms with E-state index in [0.29, 0.717) is 17.9 Å². The molecule has 6 heteroatoms. The number of nitrogens with zero attached hydrogens (tertiary/aromatic N) is 2. The fourth-order valence-corrected chi connectivity index (χ4v) is 2.74. The molecule has 1 heterocycles. The Balaban J connectivity index is 1.54. The Bertz CT molecular complexity index is 991. The maximum absolute atomic E-state index is 12.4. The fourth-order valence-electron chi connectivity index (χ4n) is 2.74. The molecule has 2 aromatic carbocycles. The number of carbonyl (C=O) groups is 2. The molecule has 0 aliphatic carbocycles. The number of methoxy groups -OCH3 is 1. The topological polar surface area (TPSA) is 70.4 Å². The third-order valence-corrected chi connectivity index (χ3v) is 4.29. The van der Waals surface area contributed by atoms with E-state index in [2.05, 4.69) is 5.10 Å². The molecular formula is C23H22N2O4. The predicted molar refractivity (Wildman–Crippen MR) is 110 cm³/mol. The van der Waals surface area contributed by atoms with Gasteiger partial charge < -0.3 is 9.47 Å². The first-order valence-corrected chi connectivity index (χ1v) is 9.18. The Kier molecular flexibility index (Phi) is 6.58. The van der Waals surface area contributed by atoms with Gasteiger partial charge in [-0.15, -0.1) is 0 Å². The Labute approximate surface area is 169 Å². The van der Waals surface area contributed by atoms with Crippen LogP contribution in [-0.4, -0.2) is 34.7 Å². The second kappa shape index (κ2) is 9.50. The van der Waals surface area contributed by atoms with Crippen LogP contribution in [0.2, 0.25) is 0 Å². The van der Waals surface area contributed by atoms with E-state index in [1.165, 1.54) is 6.08 Å². The van der Waals surface area contributed by atoms with Crippen molar-refractivity contribution in [1.82, 2.24) is 9.78 Å². The van der Waals surface area contributed by atoms with Gasteiger partial charge in [-0.2, -0.15) is 5.10 Å². The van der Waals surface area contributed by atoms with Gasteiger partial charge in [0, 0.05) is 23.4 Å². The zero-order chi connectivity index (χ0) is 20.6. The lowest BCUT2D eigenvalue weighted by atomic mass is 10.1. The van der Waals surface area contributed by atoms with Crippen molar-refractivity contribution in [3.63, 3.8) is 0 Å². The molecule has 3 rings (SSSR count). The van der Waals surface area contributed by atoms with E-state index in [-0.39, 0.29) is 5.78 Å². The molecule has 0 amide bonds. The summed E-state index contributed by atoms with van der Waals surface area (Å²) in [6.45, 7) is 2.20. The van der Waals surface area contributed by atoms with Gasteiger partial charge in [-0.25, -0.2) is 4.79 Å². The van der Waals surface area contributed by atoms with Gasteiger partial charge in [0.25, 0.3) is 0 Å². The van der Waals surface area contributed by atoms with Crippen LogP contribution in [0.15, 0.2) is 73.1 Å². The maximum atomic E-state index is 12.4. The molecule has 0 aliphatic rings. The van der Waals surface area contributed by atoms with Gasteiger partial charge in [-0.1, -0.05) is 30.3 Å². The van der Waals surface area contributed by atoms with E-state index >= 15 is 0 Å². The second-order valence-corrected chi connectivity index (χ2v) is 6.46. The largest absolute Gasteiger partial charge is 0.497 e. The lowest BCUT2D eigenvalue weighted by Crippen LogP contribution is -2.23. The number of benzene rings is 2. The molecule has 0 aliphatic heterocycles. The van der Waals surface area contributed by atoms with E-state index in [9.17, 15) is 9.59 Å². The third kappa shape index (κ3) is 5.65. The van der Waals surface area contributed by atoms with Crippen LogP contribution in [0.25, 0.3) is 6.08 Å². The molecule has 0 fully saturated rings. The molecular weight excluding hydrogens is 368 g/mol. The standard InChI is InChI=1S/C23H22N2O4/c1-17(23(27)20-9-11-21(28-2)12-10-20)29-22(26)13-8-19-14-24-25(16-19)15-18-6-4-3-5-7-18/h3-14,16-17H,15H2,1-2H3/b13-8+/t17-/m0/s1. The molecule has 0 saturated heterocycles. The first kappa shape index (κ1) is 20.1. The van der Waals surface area contributed by atoms with Crippen LogP contribution in [0.5, 0.6) is 5.75 Å². The average molecular weight is 390 g/mol. The molecule has 0 N–H and O–H groups in total. The van der Waals surface area contributed by atoms with Gasteiger partial charge in [0.15, 0.2) is 6.10 Å². The molecule has 0 spiro atoms. The van der Waals surface area contributed by atoms with Gasteiger partial charge in [0.1, 0.15) is 5.75 Å². The lowest BCUT2D eigenvalue weighted by Gasteiger charge is -2.11. The summed E-state index contributed by atoms with van der Waals surface area (Å²) in [7, 11) is 1.55. The first-order valence-electron chi connectivity index (χ1n) is 9.18. The summed E-state index contributed by atoms with van der Waals surface area (Å²) in [6, 6.07) is 16.6. The fraction of sp³-hybridized carbons (Fsp3) is 0.174. The highest BCUT2D eigenvalue weighted by molar-refractivity contribution is 6.01. The number of carbonyl (C=O) groups excluding carboxylic acids is 2. The highest BCUT2D eigenvalue weighted by atomic mass is 16.5. The second-order valence-electron chi connectivity index (χ2n) is 6.46. The molecule has 0 unspecified atom stereocenters. The zero-order valence-corrected chi connectivity index (χ0v) is 16.3. The van der Waals surface area contributed by atoms with Gasteiger partial charge in [-0.3, -0.25) is 9.48 Å². The molecule has 6 nitrogen and oxygen atoms in total. The van der Waals surface area contributed by atoms with Gasteiger partial charge >= 0.3 is 5.97 Å². The molecule has 29 heavy (non-hydrogen) atoms. The Morgan fingerprint density at radius 3 is 2.52 bits per heavy atom. The number of hydrogen-bond acceptors (Lipinski definition) is 5. The van der Waals surface area contributed by atoms with E-state index < -0.39 is 12.1 Å². The SMILES string of the molecule is COc1ccc(C(=O)[C@H](C)OC(=O)/C=C/c2cnn(Cc3ccccc3)c2)cc1. The quantitative estimate of drug-likeness (QED) is 0.333. The van der Waals surface area contributed by atoms with E-state index in [1.807, 2.05) is 36.5 Å². The summed E-state index contributed by atoms with van der Waals surface area (Å²) >= 11 is 0. The third-order valence-electron chi connectivity index (χ3n) is 4.29. The van der Waals surface area contributed by atoms with Crippen molar-refractivity contribution >= 4 is 17.8 Å². The monoisotopic (exact) mass is 390 g/mol. The van der Waals surface area contributed by atoms with Crippen molar-refractivity contribution in [1.29, 1.82) is 0 Å². The van der Waals surface area contributed by atoms with E-state index in [4.69, 9.17) is 9.47 Å². The number of Topliss-reactive ketones (excluding diaryl/α,β-unsaturated/α-hetero) is 1. The number of ether oxygens (including phenoxy) is 2. The van der Waals surface area contributed by atoms with Crippen molar-refractivity contribution < 1.29 is 19.1 Å². The van der Waals surface area contributed by atoms with Gasteiger partial charge in [0.2, 0.25) is 5.78 Å². The summed E-state index contributed by atoms with van der Waals surface area (Å²) in [4.78, 5) is 24.4. The van der Waals surface area contributed by atoms with Gasteiger partial charge in [0.05, 0.1) is 19.9 Å². The average Bonchev–Trinajstić information content (AvgIpc) is 3.19. The minimum atomic E-state index is -0.888. The summed E-state index contributed by atoms with van der Waals surface area (Å²) < 4.78 is 12.1. The smallest absolute Gasteiger partial charge is 0.331 e. The van der Waals surface area contributed by atoms with Crippen LogP contribution in [0.3, 0.4) is 0 Å². The molecule has 1 aromatic heterocycles. The highest BCUT2D eigenvalue weighted by Crippen LogP contribution is 2.14. The number of hydrogen-bond donors (Lipinski definition) is 0. The highest BCUT2D eigenvalue weighted by Gasteiger charge is 2.18. The minimum absolute atomic E-state index is 0.273. The van der Waals surface area contributed by atoms with Crippen molar-refractivity contribution in [2.75, 3.05) is 7.11 Å². The molecule has 3 aromatic rings. The normalized spacial score (nSPS) is 11.9. The van der Waals surface area contributed by atoms with E-state index in [0.717, 1.165) is 11.1 Å². The van der Waals surface area contributed by atoms with Crippen LogP contribution < -0.4 is 4.74 Å². The number of aromatic nitrogens is 2. The molecule has 0 bridgehead atoms. The Morgan fingerprint density at radius 2 is 1.83 bits per heavy atom. The summed E-state index contributed by atoms with van der Waals surface area (Å²) in [5, 5.41) is 4.28. The Hall–Kier alpha value is -3.67. The van der Waals surface area contributed by atoms with E-state index in [1.54, 1.807) is 55.3 Å².